The van der Waals surface area contributed by atoms with Crippen LogP contribution in [0.1, 0.15) is 28.8 Å². The van der Waals surface area contributed by atoms with Crippen molar-refractivity contribution in [3.63, 3.8) is 0 Å². The molecule has 0 saturated carbocycles. The molecule has 0 aromatic heterocycles. The zero-order valence-corrected chi connectivity index (χ0v) is 13.0. The van der Waals surface area contributed by atoms with Crippen molar-refractivity contribution in [1.82, 2.24) is 10.2 Å². The predicted octanol–water partition coefficient (Wildman–Crippen LogP) is 0.0827. The molecule has 3 aliphatic heterocycles. The van der Waals surface area contributed by atoms with Gasteiger partial charge in [0.15, 0.2) is 0 Å². The molecule has 0 aliphatic carbocycles. The number of piperidine rings is 1. The van der Waals surface area contributed by atoms with Gasteiger partial charge in [0.1, 0.15) is 12.3 Å². The van der Waals surface area contributed by atoms with Gasteiger partial charge in [0.25, 0.3) is 5.91 Å². The Hall–Kier alpha value is -2.70. The highest BCUT2D eigenvalue weighted by molar-refractivity contribution is 6.05. The highest BCUT2D eigenvalue weighted by Crippen LogP contribution is 2.32. The summed E-state index contributed by atoms with van der Waals surface area (Å²) in [6, 6.07) is 5.04. The van der Waals surface area contributed by atoms with Crippen LogP contribution in [-0.2, 0) is 20.9 Å². The average molecular weight is 327 g/mol. The van der Waals surface area contributed by atoms with Crippen molar-refractivity contribution in [1.29, 1.82) is 0 Å². The number of benzene rings is 1. The SMILES string of the molecule is O=CC1CN(c2ccc3c(c2)CN([C@H]2CCC(=O)NC2=O)C3=O)C1. The Morgan fingerprint density at radius 1 is 1.17 bits per heavy atom. The molecule has 4 rings (SSSR count). The van der Waals surface area contributed by atoms with Crippen LogP contribution in [0.4, 0.5) is 5.69 Å². The summed E-state index contributed by atoms with van der Waals surface area (Å²) in [6.45, 7) is 1.78. The minimum absolute atomic E-state index is 0.0832. The van der Waals surface area contributed by atoms with Crippen molar-refractivity contribution in [3.05, 3.63) is 29.3 Å². The largest absolute Gasteiger partial charge is 0.370 e. The number of carbonyl (C=O) groups excluding carboxylic acids is 4. The maximum Gasteiger partial charge on any atom is 0.255 e. The van der Waals surface area contributed by atoms with Crippen LogP contribution < -0.4 is 10.2 Å². The molecule has 3 aliphatic rings. The van der Waals surface area contributed by atoms with Crippen molar-refractivity contribution < 1.29 is 19.2 Å². The number of rotatable bonds is 3. The van der Waals surface area contributed by atoms with Gasteiger partial charge >= 0.3 is 0 Å². The molecular formula is C17H17N3O4. The van der Waals surface area contributed by atoms with Gasteiger partial charge in [-0.2, -0.15) is 0 Å². The zero-order chi connectivity index (χ0) is 16.8. The molecule has 2 fully saturated rings. The van der Waals surface area contributed by atoms with E-state index in [0.717, 1.165) is 17.5 Å². The first-order valence-corrected chi connectivity index (χ1v) is 8.04. The van der Waals surface area contributed by atoms with Crippen LogP contribution in [0.2, 0.25) is 0 Å². The van der Waals surface area contributed by atoms with Crippen LogP contribution in [0.3, 0.4) is 0 Å². The molecule has 3 amide bonds. The van der Waals surface area contributed by atoms with E-state index in [1.807, 2.05) is 12.1 Å². The van der Waals surface area contributed by atoms with E-state index in [-0.39, 0.29) is 24.2 Å². The highest BCUT2D eigenvalue weighted by atomic mass is 16.2. The number of hydrogen-bond donors (Lipinski definition) is 1. The fraction of sp³-hybridized carbons (Fsp3) is 0.412. The first-order valence-electron chi connectivity index (χ1n) is 8.04. The number of amides is 3. The third-order valence-corrected chi connectivity index (χ3v) is 4.97. The smallest absolute Gasteiger partial charge is 0.255 e. The van der Waals surface area contributed by atoms with Crippen LogP contribution in [0.5, 0.6) is 0 Å². The van der Waals surface area contributed by atoms with E-state index < -0.39 is 11.9 Å². The van der Waals surface area contributed by atoms with E-state index in [2.05, 4.69) is 10.2 Å². The second-order valence-electron chi connectivity index (χ2n) is 6.54. The third kappa shape index (κ3) is 2.28. The van der Waals surface area contributed by atoms with Crippen molar-refractivity contribution in [2.75, 3.05) is 18.0 Å². The monoisotopic (exact) mass is 327 g/mol. The van der Waals surface area contributed by atoms with Crippen LogP contribution in [-0.4, -0.2) is 48.0 Å². The summed E-state index contributed by atoms with van der Waals surface area (Å²) in [4.78, 5) is 50.3. The van der Waals surface area contributed by atoms with Gasteiger partial charge in [0.05, 0.1) is 0 Å². The summed E-state index contributed by atoms with van der Waals surface area (Å²) < 4.78 is 0. The highest BCUT2D eigenvalue weighted by Gasteiger charge is 2.39. The van der Waals surface area contributed by atoms with Gasteiger partial charge in [0, 0.05) is 43.2 Å². The lowest BCUT2D eigenvalue weighted by Gasteiger charge is -2.38. The molecule has 24 heavy (non-hydrogen) atoms. The molecule has 1 aromatic carbocycles. The van der Waals surface area contributed by atoms with Gasteiger partial charge in [0.2, 0.25) is 11.8 Å². The van der Waals surface area contributed by atoms with E-state index in [1.54, 1.807) is 11.0 Å². The molecule has 7 heteroatoms. The summed E-state index contributed by atoms with van der Waals surface area (Å²) >= 11 is 0. The van der Waals surface area contributed by atoms with E-state index >= 15 is 0 Å². The number of anilines is 1. The minimum Gasteiger partial charge on any atom is -0.370 e. The molecule has 1 atom stereocenters. The maximum absolute atomic E-state index is 12.6. The number of carbonyl (C=O) groups is 4. The second kappa shape index (κ2) is 5.43. The summed E-state index contributed by atoms with van der Waals surface area (Å²) in [5.74, 6) is -0.769. The Bertz CT molecular complexity index is 754. The zero-order valence-electron chi connectivity index (χ0n) is 13.0. The Morgan fingerprint density at radius 2 is 1.96 bits per heavy atom. The number of hydrogen-bond acceptors (Lipinski definition) is 5. The molecule has 2 saturated heterocycles. The van der Waals surface area contributed by atoms with Gasteiger partial charge in [-0.1, -0.05) is 0 Å². The molecule has 1 aromatic rings. The maximum atomic E-state index is 12.6. The Balaban J connectivity index is 1.53. The number of fused-ring (bicyclic) bond motifs is 1. The summed E-state index contributed by atoms with van der Waals surface area (Å²) in [5.41, 5.74) is 2.48. The molecule has 0 radical (unpaired) electrons. The van der Waals surface area contributed by atoms with E-state index in [4.69, 9.17) is 0 Å². The lowest BCUT2D eigenvalue weighted by Crippen LogP contribution is -2.52. The lowest BCUT2D eigenvalue weighted by molar-refractivity contribution is -0.136. The first kappa shape index (κ1) is 14.9. The summed E-state index contributed by atoms with van der Waals surface area (Å²) in [5, 5.41) is 2.30. The van der Waals surface area contributed by atoms with Gasteiger partial charge < -0.3 is 14.6 Å². The van der Waals surface area contributed by atoms with Crippen LogP contribution in [0.25, 0.3) is 0 Å². The molecule has 0 bridgehead atoms. The van der Waals surface area contributed by atoms with Crippen molar-refractivity contribution >= 4 is 29.7 Å². The topological polar surface area (TPSA) is 86.8 Å². The van der Waals surface area contributed by atoms with E-state index in [9.17, 15) is 19.2 Å². The van der Waals surface area contributed by atoms with Gasteiger partial charge in [-0.25, -0.2) is 0 Å². The summed E-state index contributed by atoms with van der Waals surface area (Å²) in [6.07, 6.45) is 1.59. The van der Waals surface area contributed by atoms with Gasteiger partial charge in [-0.05, 0) is 30.2 Å². The molecule has 124 valence electrons. The summed E-state index contributed by atoms with van der Waals surface area (Å²) in [7, 11) is 0. The predicted molar refractivity (Wildman–Crippen MR) is 84.3 cm³/mol. The average Bonchev–Trinajstić information content (AvgIpc) is 2.83. The quantitative estimate of drug-likeness (QED) is 0.628. The lowest BCUT2D eigenvalue weighted by atomic mass is 10.00. The van der Waals surface area contributed by atoms with E-state index in [0.29, 0.717) is 31.6 Å². The Morgan fingerprint density at radius 3 is 2.67 bits per heavy atom. The molecule has 7 nitrogen and oxygen atoms in total. The second-order valence-corrected chi connectivity index (χ2v) is 6.54. The van der Waals surface area contributed by atoms with Gasteiger partial charge in [-0.3, -0.25) is 19.7 Å². The number of aldehydes is 1. The van der Waals surface area contributed by atoms with Crippen LogP contribution in [0, 0.1) is 5.92 Å². The normalized spacial score (nSPS) is 23.8. The number of nitrogens with one attached hydrogen (secondary N) is 1. The molecule has 3 heterocycles. The van der Waals surface area contributed by atoms with E-state index in [1.165, 1.54) is 0 Å². The number of nitrogens with zero attached hydrogens (tertiary/aromatic N) is 2. The first-order chi connectivity index (χ1) is 11.6. The van der Waals surface area contributed by atoms with Crippen LogP contribution in [0.15, 0.2) is 18.2 Å². The fourth-order valence-corrected chi connectivity index (χ4v) is 3.57. The molecule has 0 unspecified atom stereocenters. The molecular weight excluding hydrogens is 310 g/mol. The molecule has 0 spiro atoms. The van der Waals surface area contributed by atoms with Crippen molar-refractivity contribution in [2.24, 2.45) is 5.92 Å². The standard InChI is InChI=1S/C17H17N3O4/c21-9-10-6-19(7-10)12-1-2-13-11(5-12)8-20(17(13)24)14-3-4-15(22)18-16(14)23/h1-2,5,9-10,14H,3-4,6-8H2,(H,18,22,23)/t14-/m0/s1. The van der Waals surface area contributed by atoms with Gasteiger partial charge in [-0.15, -0.1) is 0 Å². The van der Waals surface area contributed by atoms with Crippen LogP contribution >= 0.6 is 0 Å². The Labute approximate surface area is 138 Å². The fourth-order valence-electron chi connectivity index (χ4n) is 3.57. The van der Waals surface area contributed by atoms with Crippen molar-refractivity contribution in [2.45, 2.75) is 25.4 Å². The molecule has 1 N–H and O–H groups in total. The minimum atomic E-state index is -0.588. The van der Waals surface area contributed by atoms with Crippen molar-refractivity contribution in [3.8, 4) is 0 Å². The Kier molecular flexibility index (Phi) is 3.37. The third-order valence-electron chi connectivity index (χ3n) is 4.97. The number of imide groups is 1.